The van der Waals surface area contributed by atoms with Crippen LogP contribution in [0.25, 0.3) is 32.7 Å². The molecule has 0 bridgehead atoms. The summed E-state index contributed by atoms with van der Waals surface area (Å²) in [6.07, 6.45) is 12.0. The van der Waals surface area contributed by atoms with E-state index in [9.17, 15) is 0 Å². The second-order valence-corrected chi connectivity index (χ2v) is 14.9. The molecule has 0 amide bonds. The normalized spacial score (nSPS) is 15.5. The fraction of sp³-hybridized carbons (Fsp3) is 0.250. The van der Waals surface area contributed by atoms with E-state index in [4.69, 9.17) is 9.05 Å². The fourth-order valence-electron chi connectivity index (χ4n) is 5.88. The van der Waals surface area contributed by atoms with Gasteiger partial charge in [0.1, 0.15) is 11.5 Å². The molecule has 222 valence electrons. The summed E-state index contributed by atoms with van der Waals surface area (Å²) >= 11 is 0. The maximum Gasteiger partial charge on any atom is 0.131 e. The summed E-state index contributed by atoms with van der Waals surface area (Å²) < 4.78 is 13.7. The van der Waals surface area contributed by atoms with E-state index < -0.39 is 0 Å². The van der Waals surface area contributed by atoms with Gasteiger partial charge in [-0.2, -0.15) is 0 Å². The van der Waals surface area contributed by atoms with Crippen LogP contribution < -0.4 is 9.05 Å². The van der Waals surface area contributed by atoms with E-state index in [1.807, 2.05) is 0 Å². The maximum atomic E-state index is 6.85. The predicted octanol–water partition coefficient (Wildman–Crippen LogP) is 12.0. The molecule has 2 aliphatic carbocycles. The van der Waals surface area contributed by atoms with Crippen molar-refractivity contribution in [1.29, 1.82) is 0 Å². The van der Waals surface area contributed by atoms with Gasteiger partial charge in [0.05, 0.1) is 17.6 Å². The standard InChI is InChI=1S/C40H40O2P2/c1-6-12-28-18-19-31(26-28)37(7-2)43-41-35-23-20-29-13-8-10-15-33(29)38(35)39-34-16-11-9-14-30(34)21-24-36(39)42-44-40(4,5)32-22-17-27(3)25-32/h8-11,13-18,20-21,23-26,37,43-44H,6-7,12H2,1-5H3. The van der Waals surface area contributed by atoms with Gasteiger partial charge in [0.2, 0.25) is 0 Å². The number of rotatable bonds is 12. The van der Waals surface area contributed by atoms with Gasteiger partial charge in [0.25, 0.3) is 0 Å². The molecule has 0 saturated carbocycles. The van der Waals surface area contributed by atoms with Crippen molar-refractivity contribution in [1.82, 2.24) is 0 Å². The highest BCUT2D eigenvalue weighted by molar-refractivity contribution is 7.35. The molecular formula is C40H40O2P2. The molecule has 0 heterocycles. The van der Waals surface area contributed by atoms with Gasteiger partial charge in [-0.15, -0.1) is 11.5 Å². The molecule has 0 saturated heterocycles. The molecule has 2 aliphatic rings. The van der Waals surface area contributed by atoms with Gasteiger partial charge in [-0.05, 0) is 103 Å². The molecule has 0 spiro atoms. The molecule has 0 radical (unpaired) electrons. The van der Waals surface area contributed by atoms with Crippen molar-refractivity contribution in [3.05, 3.63) is 131 Å². The number of fused-ring (bicyclic) bond motifs is 2. The lowest BCUT2D eigenvalue weighted by atomic mass is 9.92. The second-order valence-electron chi connectivity index (χ2n) is 12.1. The molecule has 4 aromatic carbocycles. The van der Waals surface area contributed by atoms with E-state index in [0.29, 0.717) is 5.66 Å². The Hall–Kier alpha value is -3.62. The first-order valence-electron chi connectivity index (χ1n) is 15.6. The number of benzene rings is 4. The minimum atomic E-state index is -0.169. The Labute approximate surface area is 265 Å². The minimum absolute atomic E-state index is 0.169. The van der Waals surface area contributed by atoms with Gasteiger partial charge in [-0.25, -0.2) is 0 Å². The van der Waals surface area contributed by atoms with Crippen LogP contribution in [0.2, 0.25) is 0 Å². The third-order valence-corrected chi connectivity index (χ3v) is 10.8. The highest BCUT2D eigenvalue weighted by Gasteiger charge is 2.27. The topological polar surface area (TPSA) is 18.5 Å². The van der Waals surface area contributed by atoms with Gasteiger partial charge < -0.3 is 9.05 Å². The zero-order valence-electron chi connectivity index (χ0n) is 26.3. The van der Waals surface area contributed by atoms with E-state index in [0.717, 1.165) is 52.7 Å². The molecule has 4 heteroatoms. The van der Waals surface area contributed by atoms with Gasteiger partial charge in [0, 0.05) is 33.1 Å². The van der Waals surface area contributed by atoms with Crippen molar-refractivity contribution < 1.29 is 9.05 Å². The van der Waals surface area contributed by atoms with Crippen LogP contribution in [0.1, 0.15) is 53.9 Å². The quantitative estimate of drug-likeness (QED) is 0.117. The summed E-state index contributed by atoms with van der Waals surface area (Å²) in [6.45, 7) is 11.1. The molecule has 3 atom stereocenters. The zero-order chi connectivity index (χ0) is 30.7. The third kappa shape index (κ3) is 6.28. The Morgan fingerprint density at radius 1 is 0.750 bits per heavy atom. The van der Waals surface area contributed by atoms with Crippen LogP contribution in [0.5, 0.6) is 11.5 Å². The number of hydrogen-bond acceptors (Lipinski definition) is 2. The van der Waals surface area contributed by atoms with Gasteiger partial charge in [0.15, 0.2) is 0 Å². The lowest BCUT2D eigenvalue weighted by Gasteiger charge is -2.26. The molecule has 0 aromatic heterocycles. The molecule has 2 nitrogen and oxygen atoms in total. The minimum Gasteiger partial charge on any atom is -0.476 e. The number of hydrogen-bond donors (Lipinski definition) is 0. The highest BCUT2D eigenvalue weighted by atomic mass is 31.1. The van der Waals surface area contributed by atoms with Crippen LogP contribution in [-0.2, 0) is 0 Å². The number of allylic oxidation sites excluding steroid dienone is 6. The lowest BCUT2D eigenvalue weighted by Crippen LogP contribution is -2.15. The molecule has 6 rings (SSSR count). The van der Waals surface area contributed by atoms with E-state index in [2.05, 4.69) is 143 Å². The molecule has 4 aromatic rings. The summed E-state index contributed by atoms with van der Waals surface area (Å²) in [4.78, 5) is 0. The Kier molecular flexibility index (Phi) is 9.10. The SMILES string of the molecule is CCCC1=CC(C(CC)POc2ccc3ccccc3c2-c2c(OPC(C)(C)C3=C=CC(C)=C3)ccc3ccccc23)=C=C1. The smallest absolute Gasteiger partial charge is 0.131 e. The molecule has 44 heavy (non-hydrogen) atoms. The first kappa shape index (κ1) is 30.4. The highest BCUT2D eigenvalue weighted by Crippen LogP contribution is 2.50. The average molecular weight is 615 g/mol. The third-order valence-electron chi connectivity index (χ3n) is 8.35. The van der Waals surface area contributed by atoms with Crippen LogP contribution in [-0.4, -0.2) is 10.8 Å². The maximum absolute atomic E-state index is 6.85. The van der Waals surface area contributed by atoms with Crippen LogP contribution in [0.4, 0.5) is 0 Å². The summed E-state index contributed by atoms with van der Waals surface area (Å²) in [5, 5.41) is 4.52. The zero-order valence-corrected chi connectivity index (χ0v) is 28.3. The van der Waals surface area contributed by atoms with Crippen LogP contribution in [0, 0.1) is 0 Å². The van der Waals surface area contributed by atoms with E-state index in [1.54, 1.807) is 0 Å². The van der Waals surface area contributed by atoms with Crippen molar-refractivity contribution in [2.24, 2.45) is 0 Å². The van der Waals surface area contributed by atoms with Gasteiger partial charge >= 0.3 is 0 Å². The monoisotopic (exact) mass is 614 g/mol. The van der Waals surface area contributed by atoms with Crippen molar-refractivity contribution in [2.45, 2.75) is 64.7 Å². The first-order valence-corrected chi connectivity index (χ1v) is 17.5. The van der Waals surface area contributed by atoms with Crippen molar-refractivity contribution in [3.8, 4) is 22.6 Å². The van der Waals surface area contributed by atoms with Crippen LogP contribution in [0.15, 0.2) is 131 Å². The molecule has 0 aliphatic heterocycles. The Balaban J connectivity index is 1.43. The van der Waals surface area contributed by atoms with E-state index in [1.165, 1.54) is 33.1 Å². The molecular weight excluding hydrogens is 574 g/mol. The summed E-state index contributed by atoms with van der Waals surface area (Å²) in [5.74, 6) is 1.77. The van der Waals surface area contributed by atoms with Gasteiger partial charge in [-0.3, -0.25) is 0 Å². The Morgan fingerprint density at radius 2 is 1.39 bits per heavy atom. The van der Waals surface area contributed by atoms with Gasteiger partial charge in [-0.1, -0.05) is 80.9 Å². The summed E-state index contributed by atoms with van der Waals surface area (Å²) in [7, 11) is 0.499. The van der Waals surface area contributed by atoms with Crippen molar-refractivity contribution >= 4 is 39.2 Å². The first-order chi connectivity index (χ1) is 21.4. The van der Waals surface area contributed by atoms with Crippen molar-refractivity contribution in [2.75, 3.05) is 0 Å². The predicted molar refractivity (Wildman–Crippen MR) is 193 cm³/mol. The molecule has 0 fully saturated rings. The molecule has 3 unspecified atom stereocenters. The van der Waals surface area contributed by atoms with E-state index >= 15 is 0 Å². The van der Waals surface area contributed by atoms with E-state index in [-0.39, 0.29) is 22.8 Å². The van der Waals surface area contributed by atoms with Crippen molar-refractivity contribution in [3.63, 3.8) is 0 Å². The second kappa shape index (κ2) is 13.2. The molecule has 0 N–H and O–H groups in total. The summed E-state index contributed by atoms with van der Waals surface area (Å²) in [5.41, 5.74) is 14.5. The largest absolute Gasteiger partial charge is 0.476 e. The fourth-order valence-corrected chi connectivity index (χ4v) is 7.57. The lowest BCUT2D eigenvalue weighted by molar-refractivity contribution is 0.603. The summed E-state index contributed by atoms with van der Waals surface area (Å²) in [6, 6.07) is 25.8. The average Bonchev–Trinajstić information content (AvgIpc) is 3.70. The Morgan fingerprint density at radius 3 is 1.98 bits per heavy atom. The Bertz CT molecular complexity index is 1930. The van der Waals surface area contributed by atoms with Crippen LogP contribution in [0.3, 0.4) is 0 Å². The van der Waals surface area contributed by atoms with Crippen LogP contribution >= 0.6 is 17.6 Å².